The lowest BCUT2D eigenvalue weighted by atomic mass is 10.1. The highest BCUT2D eigenvalue weighted by Crippen LogP contribution is 2.16. The highest BCUT2D eigenvalue weighted by molar-refractivity contribution is 5.66. The number of carbonyl (C=O) groups excluding carboxylic acids is 1. The van der Waals surface area contributed by atoms with Crippen molar-refractivity contribution in [2.75, 3.05) is 0 Å². The van der Waals surface area contributed by atoms with Crippen LogP contribution in [0.25, 0.3) is 10.4 Å². The first-order valence-corrected chi connectivity index (χ1v) is 4.18. The number of ether oxygens (including phenoxy) is 2. The number of esters is 1. The monoisotopic (exact) mass is 197 g/mol. The van der Waals surface area contributed by atoms with Crippen LogP contribution in [0.4, 0.5) is 0 Å². The third kappa shape index (κ3) is 2.76. The average Bonchev–Trinajstić information content (AvgIpc) is 2.10. The number of nitrogens with zero attached hydrogens (tertiary/aromatic N) is 3. The van der Waals surface area contributed by atoms with Gasteiger partial charge in [-0.1, -0.05) is 11.2 Å². The molecule has 0 bridgehead atoms. The predicted molar refractivity (Wildman–Crippen MR) is 48.2 cm³/mol. The van der Waals surface area contributed by atoms with Gasteiger partial charge < -0.3 is 9.47 Å². The minimum absolute atomic E-state index is 0.306. The molecule has 1 rings (SSSR count). The van der Waals surface area contributed by atoms with E-state index in [1.165, 1.54) is 6.92 Å². The summed E-state index contributed by atoms with van der Waals surface area (Å²) in [5, 5.41) is 3.38. The van der Waals surface area contributed by atoms with Gasteiger partial charge in [0.15, 0.2) is 6.23 Å². The van der Waals surface area contributed by atoms with E-state index < -0.39 is 12.3 Å². The van der Waals surface area contributed by atoms with Crippen LogP contribution in [0.5, 0.6) is 0 Å². The number of azide groups is 1. The maximum atomic E-state index is 10.7. The van der Waals surface area contributed by atoms with Crippen LogP contribution in [0, 0.1) is 0 Å². The Morgan fingerprint density at radius 2 is 2.36 bits per heavy atom. The van der Waals surface area contributed by atoms with E-state index in [9.17, 15) is 4.79 Å². The molecule has 0 aromatic carbocycles. The second-order valence-electron chi connectivity index (χ2n) is 2.90. The first kappa shape index (κ1) is 10.6. The van der Waals surface area contributed by atoms with Gasteiger partial charge in [-0.25, -0.2) is 0 Å². The van der Waals surface area contributed by atoms with Gasteiger partial charge in [-0.05, 0) is 18.5 Å². The SMILES string of the molecule is CC(=O)O[C@@H]1C=C[C@H](N=[N+]=[N-])O[C@H]1C. The van der Waals surface area contributed by atoms with Gasteiger partial charge in [0.05, 0.1) is 6.10 Å². The molecule has 1 aliphatic heterocycles. The number of hydrogen-bond donors (Lipinski definition) is 0. The lowest BCUT2D eigenvalue weighted by Crippen LogP contribution is -2.35. The molecular weight excluding hydrogens is 186 g/mol. The highest BCUT2D eigenvalue weighted by Gasteiger charge is 2.24. The second-order valence-corrected chi connectivity index (χ2v) is 2.90. The Kier molecular flexibility index (Phi) is 3.50. The lowest BCUT2D eigenvalue weighted by molar-refractivity contribution is -0.152. The Hall–Kier alpha value is -1.52. The molecular formula is C8H11N3O3. The van der Waals surface area contributed by atoms with E-state index in [0.29, 0.717) is 0 Å². The van der Waals surface area contributed by atoms with Gasteiger partial charge >= 0.3 is 5.97 Å². The molecule has 0 aromatic heterocycles. The van der Waals surface area contributed by atoms with Crippen molar-refractivity contribution in [1.82, 2.24) is 0 Å². The zero-order chi connectivity index (χ0) is 10.6. The van der Waals surface area contributed by atoms with E-state index in [0.717, 1.165) is 0 Å². The first-order valence-electron chi connectivity index (χ1n) is 4.18. The van der Waals surface area contributed by atoms with Crippen molar-refractivity contribution in [2.24, 2.45) is 5.11 Å². The summed E-state index contributed by atoms with van der Waals surface area (Å²) in [5.74, 6) is -0.364. The van der Waals surface area contributed by atoms with Crippen LogP contribution in [0.2, 0.25) is 0 Å². The molecule has 0 amide bonds. The summed E-state index contributed by atoms with van der Waals surface area (Å²) in [4.78, 5) is 13.3. The van der Waals surface area contributed by atoms with E-state index in [4.69, 9.17) is 15.0 Å². The van der Waals surface area contributed by atoms with Crippen molar-refractivity contribution in [3.05, 3.63) is 22.6 Å². The summed E-state index contributed by atoms with van der Waals surface area (Å²) in [6, 6.07) is 0. The van der Waals surface area contributed by atoms with E-state index >= 15 is 0 Å². The van der Waals surface area contributed by atoms with Crippen LogP contribution < -0.4 is 0 Å². The zero-order valence-corrected chi connectivity index (χ0v) is 7.95. The van der Waals surface area contributed by atoms with Crippen LogP contribution in [-0.2, 0) is 14.3 Å². The summed E-state index contributed by atoms with van der Waals surface area (Å²) in [6.07, 6.45) is 1.90. The van der Waals surface area contributed by atoms with E-state index in [1.807, 2.05) is 0 Å². The van der Waals surface area contributed by atoms with Gasteiger partial charge in [0.25, 0.3) is 0 Å². The molecule has 0 aromatic rings. The molecule has 0 radical (unpaired) electrons. The highest BCUT2D eigenvalue weighted by atomic mass is 16.6. The van der Waals surface area contributed by atoms with Crippen LogP contribution in [-0.4, -0.2) is 24.4 Å². The van der Waals surface area contributed by atoms with Crippen molar-refractivity contribution in [2.45, 2.75) is 32.3 Å². The van der Waals surface area contributed by atoms with Crippen LogP contribution in [0.1, 0.15) is 13.8 Å². The first-order chi connectivity index (χ1) is 6.63. The molecule has 0 saturated carbocycles. The molecule has 0 unspecified atom stereocenters. The molecule has 1 heterocycles. The third-order valence-electron chi connectivity index (χ3n) is 1.75. The summed E-state index contributed by atoms with van der Waals surface area (Å²) in [5.41, 5.74) is 8.18. The fourth-order valence-corrected chi connectivity index (χ4v) is 1.15. The van der Waals surface area contributed by atoms with Crippen molar-refractivity contribution in [3.8, 4) is 0 Å². The average molecular weight is 197 g/mol. The molecule has 0 spiro atoms. The van der Waals surface area contributed by atoms with Gasteiger partial charge in [-0.3, -0.25) is 4.79 Å². The maximum Gasteiger partial charge on any atom is 0.303 e. The van der Waals surface area contributed by atoms with Gasteiger partial charge in [-0.15, -0.1) is 0 Å². The molecule has 1 aliphatic rings. The van der Waals surface area contributed by atoms with E-state index in [-0.39, 0.29) is 12.1 Å². The zero-order valence-electron chi connectivity index (χ0n) is 7.95. The number of rotatable bonds is 2. The standard InChI is InChI=1S/C8H11N3O3/c1-5-7(14-6(2)12)3-4-8(13-5)10-11-9/h3-5,7-8H,1-2H3/t5-,7+,8+/m0/s1. The Bertz CT molecular complexity index is 296. The minimum atomic E-state index is -0.609. The maximum absolute atomic E-state index is 10.7. The fraction of sp³-hybridized carbons (Fsp3) is 0.625. The molecule has 0 aliphatic carbocycles. The van der Waals surface area contributed by atoms with Crippen molar-refractivity contribution < 1.29 is 14.3 Å². The largest absolute Gasteiger partial charge is 0.456 e. The smallest absolute Gasteiger partial charge is 0.303 e. The molecule has 14 heavy (non-hydrogen) atoms. The number of hydrogen-bond acceptors (Lipinski definition) is 4. The molecule has 0 saturated heterocycles. The quantitative estimate of drug-likeness (QED) is 0.221. The molecule has 0 N–H and O–H groups in total. The molecule has 3 atom stereocenters. The predicted octanol–water partition coefficient (Wildman–Crippen LogP) is 1.53. The molecule has 6 heteroatoms. The topological polar surface area (TPSA) is 84.3 Å². The van der Waals surface area contributed by atoms with Crippen LogP contribution in [0.3, 0.4) is 0 Å². The Balaban J connectivity index is 2.62. The minimum Gasteiger partial charge on any atom is -0.456 e. The normalized spacial score (nSPS) is 30.6. The Morgan fingerprint density at radius 3 is 2.86 bits per heavy atom. The molecule has 0 fully saturated rings. The van der Waals surface area contributed by atoms with Crippen molar-refractivity contribution >= 4 is 5.97 Å². The van der Waals surface area contributed by atoms with Crippen LogP contribution >= 0.6 is 0 Å². The van der Waals surface area contributed by atoms with Crippen LogP contribution in [0.15, 0.2) is 17.3 Å². The summed E-state index contributed by atoms with van der Waals surface area (Å²) in [6.45, 7) is 3.08. The van der Waals surface area contributed by atoms with Gasteiger partial charge in [0, 0.05) is 11.8 Å². The fourth-order valence-electron chi connectivity index (χ4n) is 1.15. The van der Waals surface area contributed by atoms with Gasteiger partial charge in [-0.2, -0.15) is 0 Å². The Morgan fingerprint density at radius 1 is 1.64 bits per heavy atom. The lowest BCUT2D eigenvalue weighted by Gasteiger charge is -2.27. The third-order valence-corrected chi connectivity index (χ3v) is 1.75. The number of carbonyl (C=O) groups is 1. The summed E-state index contributed by atoms with van der Waals surface area (Å²) >= 11 is 0. The van der Waals surface area contributed by atoms with E-state index in [2.05, 4.69) is 10.0 Å². The summed E-state index contributed by atoms with van der Waals surface area (Å²) < 4.78 is 10.2. The van der Waals surface area contributed by atoms with Gasteiger partial charge in [0.1, 0.15) is 6.10 Å². The molecule has 76 valence electrons. The molecule has 6 nitrogen and oxygen atoms in total. The van der Waals surface area contributed by atoms with E-state index in [1.54, 1.807) is 19.1 Å². The van der Waals surface area contributed by atoms with Crippen molar-refractivity contribution in [3.63, 3.8) is 0 Å². The summed E-state index contributed by atoms with van der Waals surface area (Å²) in [7, 11) is 0. The van der Waals surface area contributed by atoms with Gasteiger partial charge in [0.2, 0.25) is 0 Å². The second kappa shape index (κ2) is 4.64. The Labute approximate surface area is 81.1 Å². The van der Waals surface area contributed by atoms with Crippen molar-refractivity contribution in [1.29, 1.82) is 0 Å².